The zero-order valence-electron chi connectivity index (χ0n) is 13.9. The molecule has 2 rings (SSSR count). The average molecular weight is 332 g/mol. The van der Waals surface area contributed by atoms with E-state index in [-0.39, 0.29) is 5.91 Å². The molecular weight excluding hydrogens is 310 g/mol. The number of para-hydroxylation sites is 1. The molecule has 2 aromatic carbocycles. The molecule has 2 aromatic rings. The van der Waals surface area contributed by atoms with Gasteiger partial charge in [-0.3, -0.25) is 4.79 Å². The molecule has 1 atom stereocenters. The summed E-state index contributed by atoms with van der Waals surface area (Å²) < 4.78 is 5.67. The summed E-state index contributed by atoms with van der Waals surface area (Å²) in [6.45, 7) is 7.93. The average Bonchev–Trinajstić information content (AvgIpc) is 2.48. The number of anilines is 1. The summed E-state index contributed by atoms with van der Waals surface area (Å²) in [5.41, 5.74) is 3.03. The van der Waals surface area contributed by atoms with Crippen LogP contribution in [0.1, 0.15) is 37.8 Å². The molecule has 0 saturated heterocycles. The molecule has 0 aliphatic heterocycles. The molecule has 0 aliphatic rings. The molecule has 23 heavy (non-hydrogen) atoms. The van der Waals surface area contributed by atoms with Gasteiger partial charge in [-0.05, 0) is 49.1 Å². The third kappa shape index (κ3) is 4.49. The standard InChI is InChI=1S/C19H22ClNO2/c1-12(2)17-10-5-7-13(3)18(17)21-19(22)14(4)23-16-9-6-8-15(20)11-16/h5-12,14H,1-4H3,(H,21,22)/t14-/m1/s1. The predicted molar refractivity (Wildman–Crippen MR) is 95.4 cm³/mol. The normalized spacial score (nSPS) is 12.1. The second-order valence-electron chi connectivity index (χ2n) is 5.90. The summed E-state index contributed by atoms with van der Waals surface area (Å²) in [5.74, 6) is 0.726. The van der Waals surface area contributed by atoms with Gasteiger partial charge in [0.1, 0.15) is 5.75 Å². The first kappa shape index (κ1) is 17.4. The minimum atomic E-state index is -0.618. The first-order valence-corrected chi connectivity index (χ1v) is 8.09. The third-order valence-corrected chi connectivity index (χ3v) is 3.89. The van der Waals surface area contributed by atoms with E-state index >= 15 is 0 Å². The number of carbonyl (C=O) groups excluding carboxylic acids is 1. The van der Waals surface area contributed by atoms with Crippen molar-refractivity contribution in [2.75, 3.05) is 5.32 Å². The van der Waals surface area contributed by atoms with Crippen molar-refractivity contribution >= 4 is 23.2 Å². The maximum Gasteiger partial charge on any atom is 0.265 e. The van der Waals surface area contributed by atoms with Crippen LogP contribution >= 0.6 is 11.6 Å². The Labute approximate surface area is 142 Å². The number of benzene rings is 2. The number of rotatable bonds is 5. The number of amides is 1. The number of hydrogen-bond acceptors (Lipinski definition) is 2. The highest BCUT2D eigenvalue weighted by molar-refractivity contribution is 6.30. The van der Waals surface area contributed by atoms with Crippen molar-refractivity contribution in [2.45, 2.75) is 39.7 Å². The fraction of sp³-hybridized carbons (Fsp3) is 0.316. The molecule has 122 valence electrons. The highest BCUT2D eigenvalue weighted by atomic mass is 35.5. The Kier molecular flexibility index (Phi) is 5.67. The number of carbonyl (C=O) groups is 1. The van der Waals surface area contributed by atoms with Crippen molar-refractivity contribution in [1.82, 2.24) is 0 Å². The number of nitrogens with one attached hydrogen (secondary N) is 1. The molecule has 0 aromatic heterocycles. The summed E-state index contributed by atoms with van der Waals surface area (Å²) in [4.78, 5) is 12.5. The fourth-order valence-electron chi connectivity index (χ4n) is 2.37. The van der Waals surface area contributed by atoms with Gasteiger partial charge in [-0.2, -0.15) is 0 Å². The molecular formula is C19H22ClNO2. The van der Waals surface area contributed by atoms with Gasteiger partial charge >= 0.3 is 0 Å². The SMILES string of the molecule is Cc1cccc(C(C)C)c1NC(=O)[C@@H](C)Oc1cccc(Cl)c1. The van der Waals surface area contributed by atoms with E-state index in [9.17, 15) is 4.79 Å². The van der Waals surface area contributed by atoms with Crippen LogP contribution in [0, 0.1) is 6.92 Å². The Morgan fingerprint density at radius 2 is 1.83 bits per heavy atom. The summed E-state index contributed by atoms with van der Waals surface area (Å²) in [6.07, 6.45) is -0.618. The van der Waals surface area contributed by atoms with Crippen molar-refractivity contribution in [3.05, 3.63) is 58.6 Å². The molecule has 0 radical (unpaired) electrons. The van der Waals surface area contributed by atoms with Crippen LogP contribution in [0.3, 0.4) is 0 Å². The Hall–Kier alpha value is -2.00. The summed E-state index contributed by atoms with van der Waals surface area (Å²) >= 11 is 5.93. The van der Waals surface area contributed by atoms with Crippen LogP contribution in [0.15, 0.2) is 42.5 Å². The van der Waals surface area contributed by atoms with Gasteiger partial charge in [-0.15, -0.1) is 0 Å². The van der Waals surface area contributed by atoms with E-state index < -0.39 is 6.10 Å². The summed E-state index contributed by atoms with van der Waals surface area (Å²) in [6, 6.07) is 13.1. The second-order valence-corrected chi connectivity index (χ2v) is 6.34. The minimum absolute atomic E-state index is 0.179. The molecule has 0 aliphatic carbocycles. The highest BCUT2D eigenvalue weighted by Gasteiger charge is 2.18. The minimum Gasteiger partial charge on any atom is -0.481 e. The first-order chi connectivity index (χ1) is 10.9. The van der Waals surface area contributed by atoms with E-state index in [1.165, 1.54) is 0 Å². The monoisotopic (exact) mass is 331 g/mol. The lowest BCUT2D eigenvalue weighted by molar-refractivity contribution is -0.122. The number of ether oxygens (including phenoxy) is 1. The van der Waals surface area contributed by atoms with Crippen LogP contribution < -0.4 is 10.1 Å². The molecule has 0 saturated carbocycles. The topological polar surface area (TPSA) is 38.3 Å². The van der Waals surface area contributed by atoms with Gasteiger partial charge in [0.25, 0.3) is 5.91 Å². The Morgan fingerprint density at radius 1 is 1.13 bits per heavy atom. The second kappa shape index (κ2) is 7.51. The van der Waals surface area contributed by atoms with Gasteiger partial charge < -0.3 is 10.1 Å². The molecule has 1 amide bonds. The van der Waals surface area contributed by atoms with Gasteiger partial charge in [0, 0.05) is 10.7 Å². The lowest BCUT2D eigenvalue weighted by atomic mass is 9.98. The molecule has 3 nitrogen and oxygen atoms in total. The third-order valence-electron chi connectivity index (χ3n) is 3.65. The number of aryl methyl sites for hydroxylation is 1. The maximum atomic E-state index is 12.5. The van der Waals surface area contributed by atoms with Crippen molar-refractivity contribution in [2.24, 2.45) is 0 Å². The fourth-order valence-corrected chi connectivity index (χ4v) is 2.55. The number of halogens is 1. The van der Waals surface area contributed by atoms with Crippen LogP contribution in [0.25, 0.3) is 0 Å². The van der Waals surface area contributed by atoms with Gasteiger partial charge in [-0.25, -0.2) is 0 Å². The van der Waals surface area contributed by atoms with E-state index in [4.69, 9.17) is 16.3 Å². The lowest BCUT2D eigenvalue weighted by Crippen LogP contribution is -2.30. The molecule has 4 heteroatoms. The van der Waals surface area contributed by atoms with Crippen molar-refractivity contribution in [3.63, 3.8) is 0 Å². The predicted octanol–water partition coefficient (Wildman–Crippen LogP) is 5.18. The van der Waals surface area contributed by atoms with Crippen LogP contribution in [-0.4, -0.2) is 12.0 Å². The largest absolute Gasteiger partial charge is 0.481 e. The van der Waals surface area contributed by atoms with E-state index in [1.54, 1.807) is 31.2 Å². The maximum absolute atomic E-state index is 12.5. The Bertz CT molecular complexity index is 698. The first-order valence-electron chi connectivity index (χ1n) is 7.71. The van der Waals surface area contributed by atoms with E-state index in [0.29, 0.717) is 16.7 Å². The molecule has 0 spiro atoms. The summed E-state index contributed by atoms with van der Waals surface area (Å²) in [7, 11) is 0. The van der Waals surface area contributed by atoms with E-state index in [0.717, 1.165) is 16.8 Å². The molecule has 0 unspecified atom stereocenters. The highest BCUT2D eigenvalue weighted by Crippen LogP contribution is 2.27. The van der Waals surface area contributed by atoms with Crippen LogP contribution in [0.4, 0.5) is 5.69 Å². The summed E-state index contributed by atoms with van der Waals surface area (Å²) in [5, 5.41) is 3.58. The zero-order chi connectivity index (χ0) is 17.0. The van der Waals surface area contributed by atoms with Gasteiger partial charge in [0.05, 0.1) is 0 Å². The smallest absolute Gasteiger partial charge is 0.265 e. The van der Waals surface area contributed by atoms with Crippen LogP contribution in [0.5, 0.6) is 5.75 Å². The Morgan fingerprint density at radius 3 is 2.48 bits per heavy atom. The zero-order valence-corrected chi connectivity index (χ0v) is 14.6. The van der Waals surface area contributed by atoms with Crippen molar-refractivity contribution in [1.29, 1.82) is 0 Å². The molecule has 0 bridgehead atoms. The van der Waals surface area contributed by atoms with E-state index in [1.807, 2.05) is 25.1 Å². The van der Waals surface area contributed by atoms with Crippen LogP contribution in [-0.2, 0) is 4.79 Å². The van der Waals surface area contributed by atoms with Gasteiger partial charge in [0.15, 0.2) is 6.10 Å². The molecule has 1 N–H and O–H groups in total. The number of hydrogen-bond donors (Lipinski definition) is 1. The van der Waals surface area contributed by atoms with Crippen molar-refractivity contribution in [3.8, 4) is 5.75 Å². The van der Waals surface area contributed by atoms with Crippen molar-refractivity contribution < 1.29 is 9.53 Å². The van der Waals surface area contributed by atoms with Gasteiger partial charge in [-0.1, -0.05) is 49.7 Å². The lowest BCUT2D eigenvalue weighted by Gasteiger charge is -2.19. The van der Waals surface area contributed by atoms with Crippen LogP contribution in [0.2, 0.25) is 5.02 Å². The van der Waals surface area contributed by atoms with Gasteiger partial charge in [0.2, 0.25) is 0 Å². The van der Waals surface area contributed by atoms with E-state index in [2.05, 4.69) is 19.2 Å². The molecule has 0 fully saturated rings. The quantitative estimate of drug-likeness (QED) is 0.820. The molecule has 0 heterocycles. The Balaban J connectivity index is 2.13.